The maximum atomic E-state index is 12.4. The Morgan fingerprint density at radius 2 is 2.05 bits per heavy atom. The van der Waals surface area contributed by atoms with Gasteiger partial charge in [-0.3, -0.25) is 9.48 Å². The van der Waals surface area contributed by atoms with Gasteiger partial charge in [0.1, 0.15) is 5.69 Å². The van der Waals surface area contributed by atoms with Crippen LogP contribution in [-0.2, 0) is 0 Å². The number of anilines is 1. The zero-order valence-electron chi connectivity index (χ0n) is 12.0. The Morgan fingerprint density at radius 1 is 1.35 bits per heavy atom. The van der Waals surface area contributed by atoms with Crippen molar-refractivity contribution in [1.82, 2.24) is 9.78 Å². The van der Waals surface area contributed by atoms with Crippen molar-refractivity contribution in [3.05, 3.63) is 42.2 Å². The van der Waals surface area contributed by atoms with Gasteiger partial charge in [-0.2, -0.15) is 5.10 Å². The van der Waals surface area contributed by atoms with Crippen molar-refractivity contribution < 1.29 is 9.53 Å². The third-order valence-corrected chi connectivity index (χ3v) is 2.96. The van der Waals surface area contributed by atoms with E-state index in [2.05, 4.69) is 10.4 Å². The minimum Gasteiger partial charge on any atom is -0.493 e. The van der Waals surface area contributed by atoms with E-state index in [1.54, 1.807) is 18.0 Å². The van der Waals surface area contributed by atoms with Gasteiger partial charge >= 0.3 is 0 Å². The van der Waals surface area contributed by atoms with Crippen LogP contribution in [0, 0.1) is 0 Å². The first-order valence-corrected chi connectivity index (χ1v) is 6.57. The molecule has 1 aromatic heterocycles. The molecule has 20 heavy (non-hydrogen) atoms. The van der Waals surface area contributed by atoms with Crippen LogP contribution in [0.3, 0.4) is 0 Å². The molecule has 5 heteroatoms. The number of ether oxygens (including phenoxy) is 1. The molecule has 0 atom stereocenters. The van der Waals surface area contributed by atoms with Gasteiger partial charge in [-0.05, 0) is 26.0 Å². The highest BCUT2D eigenvalue weighted by molar-refractivity contribution is 5.99. The summed E-state index contributed by atoms with van der Waals surface area (Å²) < 4.78 is 6.91. The fourth-order valence-electron chi connectivity index (χ4n) is 1.97. The molecule has 5 nitrogen and oxygen atoms in total. The van der Waals surface area contributed by atoms with Crippen molar-refractivity contribution in [2.24, 2.45) is 0 Å². The number of carbonyl (C=O) groups excluding carboxylic acids is 1. The molecule has 0 radical (unpaired) electrons. The van der Waals surface area contributed by atoms with Crippen molar-refractivity contribution in [3.63, 3.8) is 0 Å². The molecule has 2 aromatic rings. The lowest BCUT2D eigenvalue weighted by Gasteiger charge is -2.12. The molecule has 0 saturated heterocycles. The van der Waals surface area contributed by atoms with E-state index in [1.807, 2.05) is 44.2 Å². The number of nitrogens with zero attached hydrogens (tertiary/aromatic N) is 2. The molecule has 0 bridgehead atoms. The van der Waals surface area contributed by atoms with Gasteiger partial charge in [0.15, 0.2) is 5.75 Å². The number of methoxy groups -OCH3 is 1. The third-order valence-electron chi connectivity index (χ3n) is 2.96. The number of carbonyl (C=O) groups is 1. The Labute approximate surface area is 118 Å². The molecule has 1 heterocycles. The Hall–Kier alpha value is -2.30. The van der Waals surface area contributed by atoms with Crippen LogP contribution in [0.2, 0.25) is 0 Å². The molecular weight excluding hydrogens is 254 g/mol. The molecule has 1 aromatic carbocycles. The Bertz CT molecular complexity index is 576. The van der Waals surface area contributed by atoms with Crippen LogP contribution < -0.4 is 10.1 Å². The summed E-state index contributed by atoms with van der Waals surface area (Å²) >= 11 is 0. The van der Waals surface area contributed by atoms with Crippen molar-refractivity contribution >= 4 is 11.5 Å². The fraction of sp³-hybridized carbons (Fsp3) is 0.333. The number of ketones is 1. The van der Waals surface area contributed by atoms with Crippen LogP contribution in [0.4, 0.5) is 5.69 Å². The van der Waals surface area contributed by atoms with Crippen molar-refractivity contribution in [3.8, 4) is 5.75 Å². The lowest BCUT2D eigenvalue weighted by atomic mass is 10.2. The SMILES string of the molecule is COc1cnn(C(C)C)c1C(=O)CNc1ccccc1. The highest BCUT2D eigenvalue weighted by atomic mass is 16.5. The van der Waals surface area contributed by atoms with Gasteiger partial charge in [-0.15, -0.1) is 0 Å². The average Bonchev–Trinajstić information content (AvgIpc) is 2.90. The average molecular weight is 273 g/mol. The maximum Gasteiger partial charge on any atom is 0.203 e. The van der Waals surface area contributed by atoms with E-state index < -0.39 is 0 Å². The summed E-state index contributed by atoms with van der Waals surface area (Å²) in [6, 6.07) is 9.73. The smallest absolute Gasteiger partial charge is 0.203 e. The quantitative estimate of drug-likeness (QED) is 0.822. The molecule has 0 saturated carbocycles. The van der Waals surface area contributed by atoms with Gasteiger partial charge in [0, 0.05) is 11.7 Å². The second kappa shape index (κ2) is 6.23. The van der Waals surface area contributed by atoms with Gasteiger partial charge in [0.05, 0.1) is 19.9 Å². The number of Topliss-reactive ketones (excluding diaryl/α,β-unsaturated/α-hetero) is 1. The summed E-state index contributed by atoms with van der Waals surface area (Å²) in [5.41, 5.74) is 1.42. The number of rotatable bonds is 6. The molecule has 0 amide bonds. The van der Waals surface area contributed by atoms with E-state index in [4.69, 9.17) is 4.74 Å². The van der Waals surface area contributed by atoms with Crippen LogP contribution in [0.25, 0.3) is 0 Å². The van der Waals surface area contributed by atoms with Crippen LogP contribution in [0.15, 0.2) is 36.5 Å². The maximum absolute atomic E-state index is 12.4. The molecular formula is C15H19N3O2. The molecule has 1 N–H and O–H groups in total. The van der Waals surface area contributed by atoms with E-state index >= 15 is 0 Å². The zero-order chi connectivity index (χ0) is 14.5. The third kappa shape index (κ3) is 2.99. The highest BCUT2D eigenvalue weighted by Gasteiger charge is 2.20. The first-order chi connectivity index (χ1) is 9.63. The molecule has 0 aliphatic carbocycles. The van der Waals surface area contributed by atoms with E-state index in [9.17, 15) is 4.79 Å². The second-order valence-corrected chi connectivity index (χ2v) is 4.74. The Kier molecular flexibility index (Phi) is 4.40. The van der Waals surface area contributed by atoms with Gasteiger partial charge in [-0.1, -0.05) is 18.2 Å². The second-order valence-electron chi connectivity index (χ2n) is 4.74. The first-order valence-electron chi connectivity index (χ1n) is 6.57. The van der Waals surface area contributed by atoms with Crippen molar-refractivity contribution in [2.45, 2.75) is 19.9 Å². The number of hydrogen-bond donors (Lipinski definition) is 1. The predicted octanol–water partition coefficient (Wildman–Crippen LogP) is 2.77. The Morgan fingerprint density at radius 3 is 2.65 bits per heavy atom. The summed E-state index contributed by atoms with van der Waals surface area (Å²) in [5, 5.41) is 7.31. The summed E-state index contributed by atoms with van der Waals surface area (Å²) in [4.78, 5) is 12.4. The monoisotopic (exact) mass is 273 g/mol. The predicted molar refractivity (Wildman–Crippen MR) is 78.4 cm³/mol. The van der Waals surface area contributed by atoms with E-state index in [0.29, 0.717) is 11.4 Å². The lowest BCUT2D eigenvalue weighted by Crippen LogP contribution is -2.20. The zero-order valence-corrected chi connectivity index (χ0v) is 12.0. The minimum atomic E-state index is -0.0445. The van der Waals surface area contributed by atoms with Crippen molar-refractivity contribution in [1.29, 1.82) is 0 Å². The van der Waals surface area contributed by atoms with Gasteiger partial charge in [0.2, 0.25) is 5.78 Å². The molecule has 106 valence electrons. The van der Waals surface area contributed by atoms with Crippen LogP contribution in [-0.4, -0.2) is 29.2 Å². The Balaban J connectivity index is 2.14. The largest absolute Gasteiger partial charge is 0.493 e. The van der Waals surface area contributed by atoms with Crippen LogP contribution in [0.5, 0.6) is 5.75 Å². The standard InChI is InChI=1S/C15H19N3O2/c1-11(2)18-15(14(20-3)10-17-18)13(19)9-16-12-7-5-4-6-8-12/h4-8,10-11,16H,9H2,1-3H3. The highest BCUT2D eigenvalue weighted by Crippen LogP contribution is 2.21. The van der Waals surface area contributed by atoms with Gasteiger partial charge < -0.3 is 10.1 Å². The van der Waals surface area contributed by atoms with E-state index in [1.165, 1.54) is 0 Å². The van der Waals surface area contributed by atoms with Crippen LogP contribution in [0.1, 0.15) is 30.4 Å². The molecule has 0 aliphatic heterocycles. The van der Waals surface area contributed by atoms with Crippen LogP contribution >= 0.6 is 0 Å². The topological polar surface area (TPSA) is 56.2 Å². The molecule has 0 aliphatic rings. The summed E-state index contributed by atoms with van der Waals surface area (Å²) in [6.45, 7) is 4.17. The molecule has 0 spiro atoms. The molecule has 2 rings (SSSR count). The first kappa shape index (κ1) is 14.1. The summed E-state index contributed by atoms with van der Waals surface area (Å²) in [7, 11) is 1.54. The molecule has 0 unspecified atom stereocenters. The fourth-order valence-corrected chi connectivity index (χ4v) is 1.97. The number of hydrogen-bond acceptors (Lipinski definition) is 4. The minimum absolute atomic E-state index is 0.0445. The van der Waals surface area contributed by atoms with E-state index in [0.717, 1.165) is 5.69 Å². The van der Waals surface area contributed by atoms with Gasteiger partial charge in [0.25, 0.3) is 0 Å². The number of para-hydroxylation sites is 1. The number of benzene rings is 1. The summed E-state index contributed by atoms with van der Waals surface area (Å²) in [6.07, 6.45) is 1.58. The lowest BCUT2D eigenvalue weighted by molar-refractivity contribution is 0.0991. The molecule has 0 fully saturated rings. The number of aromatic nitrogens is 2. The summed E-state index contributed by atoms with van der Waals surface area (Å²) in [5.74, 6) is 0.468. The number of nitrogens with one attached hydrogen (secondary N) is 1. The normalized spacial score (nSPS) is 10.6. The van der Waals surface area contributed by atoms with E-state index in [-0.39, 0.29) is 18.4 Å². The van der Waals surface area contributed by atoms with Crippen molar-refractivity contribution in [2.75, 3.05) is 19.0 Å². The van der Waals surface area contributed by atoms with Gasteiger partial charge in [-0.25, -0.2) is 0 Å².